The molecule has 1 amide bonds. The fourth-order valence-electron chi connectivity index (χ4n) is 1.50. The summed E-state index contributed by atoms with van der Waals surface area (Å²) in [4.78, 5) is 11.7. The number of amides is 1. The van der Waals surface area contributed by atoms with E-state index in [1.165, 1.54) is 0 Å². The van der Waals surface area contributed by atoms with Gasteiger partial charge in [-0.2, -0.15) is 0 Å². The Labute approximate surface area is 87.4 Å². The van der Waals surface area contributed by atoms with Gasteiger partial charge in [-0.15, -0.1) is 0 Å². The molecule has 0 saturated heterocycles. The molecular formula is C11H24N2O. The van der Waals surface area contributed by atoms with E-state index in [2.05, 4.69) is 26.1 Å². The number of hydrogen-bond acceptors (Lipinski definition) is 2. The van der Waals surface area contributed by atoms with E-state index in [1.807, 2.05) is 6.92 Å². The molecule has 2 atom stereocenters. The molecule has 3 heteroatoms. The fourth-order valence-corrected chi connectivity index (χ4v) is 1.50. The zero-order valence-electron chi connectivity index (χ0n) is 9.84. The molecule has 14 heavy (non-hydrogen) atoms. The summed E-state index contributed by atoms with van der Waals surface area (Å²) in [6.07, 6.45) is 1.79. The van der Waals surface area contributed by atoms with Gasteiger partial charge in [-0.3, -0.25) is 4.79 Å². The molecule has 0 aromatic rings. The van der Waals surface area contributed by atoms with Crippen molar-refractivity contribution in [3.05, 3.63) is 0 Å². The van der Waals surface area contributed by atoms with Gasteiger partial charge >= 0.3 is 0 Å². The first-order valence-corrected chi connectivity index (χ1v) is 5.57. The summed E-state index contributed by atoms with van der Waals surface area (Å²) in [6.45, 7) is 8.77. The van der Waals surface area contributed by atoms with Crippen molar-refractivity contribution in [1.82, 2.24) is 5.32 Å². The second-order valence-corrected chi connectivity index (χ2v) is 4.11. The van der Waals surface area contributed by atoms with Crippen LogP contribution in [0.25, 0.3) is 0 Å². The minimum atomic E-state index is -0.0252. The van der Waals surface area contributed by atoms with Crippen LogP contribution in [0.1, 0.15) is 40.5 Å². The maximum Gasteiger partial charge on any atom is 0.224 e. The van der Waals surface area contributed by atoms with Gasteiger partial charge < -0.3 is 11.1 Å². The summed E-state index contributed by atoms with van der Waals surface area (Å²) in [6, 6.07) is 0.281. The van der Waals surface area contributed by atoms with Crippen LogP contribution in [0.4, 0.5) is 0 Å². The number of rotatable bonds is 6. The molecular weight excluding hydrogens is 176 g/mol. The van der Waals surface area contributed by atoms with Gasteiger partial charge in [0.05, 0.1) is 0 Å². The first-order valence-electron chi connectivity index (χ1n) is 5.57. The molecule has 0 rings (SSSR count). The van der Waals surface area contributed by atoms with Gasteiger partial charge in [0.1, 0.15) is 0 Å². The van der Waals surface area contributed by atoms with Crippen molar-refractivity contribution < 1.29 is 4.79 Å². The van der Waals surface area contributed by atoms with Crippen LogP contribution in [0.15, 0.2) is 0 Å². The van der Waals surface area contributed by atoms with E-state index in [-0.39, 0.29) is 17.9 Å². The molecule has 0 aliphatic rings. The molecule has 0 aromatic carbocycles. The van der Waals surface area contributed by atoms with Gasteiger partial charge in [-0.1, -0.05) is 27.7 Å². The van der Waals surface area contributed by atoms with Crippen molar-refractivity contribution in [3.8, 4) is 0 Å². The summed E-state index contributed by atoms with van der Waals surface area (Å²) in [5.74, 6) is 0.567. The van der Waals surface area contributed by atoms with E-state index in [0.29, 0.717) is 12.5 Å². The SMILES string of the molecule is CCC(CN)C(=O)NC(CC)C(C)C. The van der Waals surface area contributed by atoms with Gasteiger partial charge in [0.15, 0.2) is 0 Å². The molecule has 0 heterocycles. The topological polar surface area (TPSA) is 55.1 Å². The molecule has 0 fully saturated rings. The Morgan fingerprint density at radius 3 is 2.14 bits per heavy atom. The van der Waals surface area contributed by atoms with Gasteiger partial charge in [-0.25, -0.2) is 0 Å². The van der Waals surface area contributed by atoms with Crippen LogP contribution in [0.3, 0.4) is 0 Å². The predicted molar refractivity (Wildman–Crippen MR) is 59.9 cm³/mol. The molecule has 0 spiro atoms. The highest BCUT2D eigenvalue weighted by Crippen LogP contribution is 2.08. The largest absolute Gasteiger partial charge is 0.353 e. The third-order valence-electron chi connectivity index (χ3n) is 2.72. The van der Waals surface area contributed by atoms with Crippen LogP contribution in [0.5, 0.6) is 0 Å². The predicted octanol–water partition coefficient (Wildman–Crippen LogP) is 1.52. The van der Waals surface area contributed by atoms with E-state index in [4.69, 9.17) is 5.73 Å². The normalized spacial score (nSPS) is 15.3. The van der Waals surface area contributed by atoms with Crippen LogP contribution >= 0.6 is 0 Å². The van der Waals surface area contributed by atoms with Gasteiger partial charge in [0.2, 0.25) is 5.91 Å². The lowest BCUT2D eigenvalue weighted by Crippen LogP contribution is -2.43. The van der Waals surface area contributed by atoms with Gasteiger partial charge in [-0.05, 0) is 18.8 Å². The van der Waals surface area contributed by atoms with Crippen molar-refractivity contribution in [2.75, 3.05) is 6.54 Å². The third kappa shape index (κ3) is 4.09. The van der Waals surface area contributed by atoms with E-state index >= 15 is 0 Å². The van der Waals surface area contributed by atoms with Crippen molar-refractivity contribution in [2.45, 2.75) is 46.6 Å². The van der Waals surface area contributed by atoms with Crippen molar-refractivity contribution in [1.29, 1.82) is 0 Å². The Morgan fingerprint density at radius 1 is 1.29 bits per heavy atom. The lowest BCUT2D eigenvalue weighted by Gasteiger charge is -2.23. The van der Waals surface area contributed by atoms with Crippen LogP contribution in [0.2, 0.25) is 0 Å². The highest BCUT2D eigenvalue weighted by atomic mass is 16.1. The third-order valence-corrected chi connectivity index (χ3v) is 2.72. The average molecular weight is 200 g/mol. The highest BCUT2D eigenvalue weighted by Gasteiger charge is 2.19. The molecule has 84 valence electrons. The Balaban J connectivity index is 4.13. The molecule has 0 bridgehead atoms. The highest BCUT2D eigenvalue weighted by molar-refractivity contribution is 5.79. The molecule has 0 radical (unpaired) electrons. The number of carbonyl (C=O) groups is 1. The maximum absolute atomic E-state index is 11.7. The van der Waals surface area contributed by atoms with E-state index in [9.17, 15) is 4.79 Å². The molecule has 0 aliphatic heterocycles. The van der Waals surface area contributed by atoms with Crippen LogP contribution in [-0.4, -0.2) is 18.5 Å². The molecule has 0 saturated carbocycles. The quantitative estimate of drug-likeness (QED) is 0.683. The summed E-state index contributed by atoms with van der Waals surface area (Å²) in [7, 11) is 0. The molecule has 3 nitrogen and oxygen atoms in total. The minimum absolute atomic E-state index is 0.0252. The lowest BCUT2D eigenvalue weighted by molar-refractivity contribution is -0.125. The summed E-state index contributed by atoms with van der Waals surface area (Å²) in [5.41, 5.74) is 5.52. The molecule has 0 aromatic heterocycles. The maximum atomic E-state index is 11.7. The lowest BCUT2D eigenvalue weighted by atomic mass is 9.99. The second-order valence-electron chi connectivity index (χ2n) is 4.11. The number of nitrogens with two attached hydrogens (primary N) is 1. The van der Waals surface area contributed by atoms with Gasteiger partial charge in [0, 0.05) is 18.5 Å². The van der Waals surface area contributed by atoms with Crippen molar-refractivity contribution in [2.24, 2.45) is 17.6 Å². The average Bonchev–Trinajstić information content (AvgIpc) is 2.15. The first-order chi connectivity index (χ1) is 6.56. The Hall–Kier alpha value is -0.570. The van der Waals surface area contributed by atoms with E-state index in [1.54, 1.807) is 0 Å². The first kappa shape index (κ1) is 13.4. The van der Waals surface area contributed by atoms with E-state index in [0.717, 1.165) is 12.8 Å². The Morgan fingerprint density at radius 2 is 1.86 bits per heavy atom. The summed E-state index contributed by atoms with van der Waals surface area (Å²) < 4.78 is 0. The summed E-state index contributed by atoms with van der Waals surface area (Å²) in [5, 5.41) is 3.05. The van der Waals surface area contributed by atoms with Crippen molar-refractivity contribution in [3.63, 3.8) is 0 Å². The number of carbonyl (C=O) groups excluding carboxylic acids is 1. The summed E-state index contributed by atoms with van der Waals surface area (Å²) >= 11 is 0. The Kier molecular flexibility index (Phi) is 6.54. The Bertz CT molecular complexity index is 165. The van der Waals surface area contributed by atoms with Crippen LogP contribution < -0.4 is 11.1 Å². The fraction of sp³-hybridized carbons (Fsp3) is 0.909. The monoisotopic (exact) mass is 200 g/mol. The van der Waals surface area contributed by atoms with Crippen molar-refractivity contribution >= 4 is 5.91 Å². The number of nitrogens with one attached hydrogen (secondary N) is 1. The second kappa shape index (κ2) is 6.82. The smallest absolute Gasteiger partial charge is 0.224 e. The number of hydrogen-bond donors (Lipinski definition) is 2. The van der Waals surface area contributed by atoms with Crippen LogP contribution in [-0.2, 0) is 4.79 Å². The molecule has 3 N–H and O–H groups in total. The minimum Gasteiger partial charge on any atom is -0.353 e. The van der Waals surface area contributed by atoms with Crippen LogP contribution in [0, 0.1) is 11.8 Å². The zero-order valence-corrected chi connectivity index (χ0v) is 9.84. The van der Waals surface area contributed by atoms with Gasteiger partial charge in [0.25, 0.3) is 0 Å². The van der Waals surface area contributed by atoms with E-state index < -0.39 is 0 Å². The zero-order chi connectivity index (χ0) is 11.1. The molecule has 0 aliphatic carbocycles. The molecule has 2 unspecified atom stereocenters. The standard InChI is InChI=1S/C11H24N2O/c1-5-9(7-12)11(14)13-10(6-2)8(3)4/h8-10H,5-7,12H2,1-4H3,(H,13,14).